The number of nitrogen functional groups attached to an aromatic ring is 1. The third-order valence-corrected chi connectivity index (χ3v) is 4.93. The molecular weight excluding hydrogens is 396 g/mol. The first-order valence-electron chi connectivity index (χ1n) is 8.76. The van der Waals surface area contributed by atoms with Gasteiger partial charge in [0.05, 0.1) is 34.0 Å². The van der Waals surface area contributed by atoms with Crippen LogP contribution in [0.5, 0.6) is 23.0 Å². The zero-order valence-corrected chi connectivity index (χ0v) is 17.5. The molecule has 9 heteroatoms. The minimum absolute atomic E-state index is 0. The first-order chi connectivity index (χ1) is 13.6. The normalized spacial score (nSPS) is 12.3. The monoisotopic (exact) mass is 418 g/mol. The number of rotatable bonds is 5. The van der Waals surface area contributed by atoms with Crippen molar-refractivity contribution in [3.05, 3.63) is 35.4 Å². The number of hydrogen-bond acceptors (Lipinski definition) is 8. The van der Waals surface area contributed by atoms with Crippen molar-refractivity contribution in [1.29, 1.82) is 0 Å². The van der Waals surface area contributed by atoms with Crippen molar-refractivity contribution >= 4 is 35.1 Å². The molecule has 0 radical (unpaired) electrons. The summed E-state index contributed by atoms with van der Waals surface area (Å²) in [7, 11) is 6.43. The largest absolute Gasteiger partial charge is 0.493 e. The summed E-state index contributed by atoms with van der Waals surface area (Å²) in [5.74, 6) is 3.56. The van der Waals surface area contributed by atoms with Crippen LogP contribution in [0.4, 0.5) is 11.8 Å². The van der Waals surface area contributed by atoms with Crippen LogP contribution in [0.1, 0.15) is 11.1 Å². The van der Waals surface area contributed by atoms with E-state index in [9.17, 15) is 0 Å². The van der Waals surface area contributed by atoms with Crippen molar-refractivity contribution in [3.63, 3.8) is 0 Å². The lowest BCUT2D eigenvalue weighted by molar-refractivity contribution is 0.354. The molecule has 0 atom stereocenters. The molecule has 0 unspecified atom stereocenters. The fourth-order valence-corrected chi connectivity index (χ4v) is 3.47. The maximum absolute atomic E-state index is 6.22. The average Bonchev–Trinajstić information content (AvgIpc) is 3.14. The first kappa shape index (κ1) is 20.6. The second kappa shape index (κ2) is 8.08. The van der Waals surface area contributed by atoms with Crippen LogP contribution in [0.15, 0.2) is 24.3 Å². The number of ether oxygens (including phenoxy) is 4. The van der Waals surface area contributed by atoms with Crippen LogP contribution < -0.4 is 29.6 Å². The number of methoxy groups -OCH3 is 4. The van der Waals surface area contributed by atoms with Gasteiger partial charge in [-0.05, 0) is 29.3 Å². The minimum atomic E-state index is 0. The van der Waals surface area contributed by atoms with Gasteiger partial charge in [-0.15, -0.1) is 12.4 Å². The smallest absolute Gasteiger partial charge is 0.228 e. The van der Waals surface area contributed by atoms with Crippen LogP contribution in [-0.4, -0.2) is 38.4 Å². The molecule has 8 nitrogen and oxygen atoms in total. The number of fused-ring (bicyclic) bond motifs is 2. The van der Waals surface area contributed by atoms with E-state index >= 15 is 0 Å². The molecule has 0 saturated heterocycles. The van der Waals surface area contributed by atoms with E-state index < -0.39 is 0 Å². The highest BCUT2D eigenvalue weighted by atomic mass is 35.5. The van der Waals surface area contributed by atoms with Crippen molar-refractivity contribution in [2.75, 3.05) is 39.1 Å². The van der Waals surface area contributed by atoms with E-state index in [2.05, 4.69) is 9.88 Å². The number of anilines is 2. The number of aromatic nitrogens is 2. The lowest BCUT2D eigenvalue weighted by Crippen LogP contribution is -2.18. The molecule has 0 bridgehead atoms. The summed E-state index contributed by atoms with van der Waals surface area (Å²) < 4.78 is 21.5. The van der Waals surface area contributed by atoms with Crippen molar-refractivity contribution < 1.29 is 18.9 Å². The average molecular weight is 419 g/mol. The third kappa shape index (κ3) is 3.51. The van der Waals surface area contributed by atoms with Gasteiger partial charge in [0.15, 0.2) is 23.0 Å². The highest BCUT2D eigenvalue weighted by molar-refractivity contribution is 5.91. The van der Waals surface area contributed by atoms with Gasteiger partial charge in [0, 0.05) is 24.5 Å². The summed E-state index contributed by atoms with van der Waals surface area (Å²) in [6, 6.07) is 7.59. The summed E-state index contributed by atoms with van der Waals surface area (Å²) in [6.07, 6.45) is 0. The predicted octanol–water partition coefficient (Wildman–Crippen LogP) is 3.19. The van der Waals surface area contributed by atoms with E-state index in [4.69, 9.17) is 29.7 Å². The number of halogens is 1. The summed E-state index contributed by atoms with van der Waals surface area (Å²) >= 11 is 0. The SMILES string of the molecule is COc1cc2c(cc1OC)CN(c1nc(N)c3cc(OC)c(OC)cc3n1)C2.Cl. The highest BCUT2D eigenvalue weighted by Crippen LogP contribution is 2.38. The lowest BCUT2D eigenvalue weighted by Gasteiger charge is -2.17. The molecule has 29 heavy (non-hydrogen) atoms. The van der Waals surface area contributed by atoms with E-state index in [1.165, 1.54) is 0 Å². The molecule has 154 valence electrons. The molecule has 2 aromatic carbocycles. The molecule has 2 heterocycles. The second-order valence-electron chi connectivity index (χ2n) is 6.47. The van der Waals surface area contributed by atoms with Crippen molar-refractivity contribution in [1.82, 2.24) is 9.97 Å². The van der Waals surface area contributed by atoms with Crippen LogP contribution in [-0.2, 0) is 13.1 Å². The van der Waals surface area contributed by atoms with Crippen LogP contribution in [0.25, 0.3) is 10.9 Å². The van der Waals surface area contributed by atoms with Gasteiger partial charge in [-0.3, -0.25) is 0 Å². The maximum atomic E-state index is 6.22. The summed E-state index contributed by atoms with van der Waals surface area (Å²) in [5, 5.41) is 0.724. The van der Waals surface area contributed by atoms with Gasteiger partial charge in [-0.25, -0.2) is 4.98 Å². The molecule has 0 fully saturated rings. The summed E-state index contributed by atoms with van der Waals surface area (Å²) in [4.78, 5) is 11.3. The number of benzene rings is 2. The number of nitrogens with zero attached hydrogens (tertiary/aromatic N) is 3. The molecule has 0 aliphatic carbocycles. The van der Waals surface area contributed by atoms with Gasteiger partial charge in [0.25, 0.3) is 0 Å². The Labute approximate surface area is 175 Å². The molecule has 1 aliphatic heterocycles. The molecular formula is C20H23ClN4O4. The Hall–Kier alpha value is -3.13. The predicted molar refractivity (Wildman–Crippen MR) is 114 cm³/mol. The molecule has 0 amide bonds. The first-order valence-corrected chi connectivity index (χ1v) is 8.76. The Bertz CT molecular complexity index is 1030. The van der Waals surface area contributed by atoms with Crippen LogP contribution >= 0.6 is 12.4 Å². The van der Waals surface area contributed by atoms with E-state index in [1.807, 2.05) is 18.2 Å². The quantitative estimate of drug-likeness (QED) is 0.675. The van der Waals surface area contributed by atoms with E-state index in [0.29, 0.717) is 53.4 Å². The van der Waals surface area contributed by atoms with Crippen LogP contribution in [0, 0.1) is 0 Å². The molecule has 2 N–H and O–H groups in total. The zero-order valence-electron chi connectivity index (χ0n) is 16.7. The second-order valence-corrected chi connectivity index (χ2v) is 6.47. The molecule has 4 rings (SSSR count). The van der Waals surface area contributed by atoms with Crippen LogP contribution in [0.3, 0.4) is 0 Å². The maximum Gasteiger partial charge on any atom is 0.228 e. The van der Waals surface area contributed by atoms with Gasteiger partial charge in [-0.2, -0.15) is 4.98 Å². The molecule has 3 aromatic rings. The third-order valence-electron chi connectivity index (χ3n) is 4.93. The Morgan fingerprint density at radius 1 is 0.759 bits per heavy atom. The Morgan fingerprint density at radius 3 is 1.76 bits per heavy atom. The molecule has 0 saturated carbocycles. The fourth-order valence-electron chi connectivity index (χ4n) is 3.47. The lowest BCUT2D eigenvalue weighted by atomic mass is 10.1. The topological polar surface area (TPSA) is 92.0 Å². The standard InChI is InChI=1S/C20H22N4O4.ClH/c1-25-15-5-11-9-24(10-12(11)6-16(15)26-2)20-22-14-8-18(28-4)17(27-3)7-13(14)19(21)23-20;/h5-8H,9-10H2,1-4H3,(H2,21,22,23);1H. The fraction of sp³-hybridized carbons (Fsp3) is 0.300. The molecule has 1 aliphatic rings. The molecule has 0 spiro atoms. The Kier molecular flexibility index (Phi) is 5.74. The Morgan fingerprint density at radius 2 is 1.24 bits per heavy atom. The van der Waals surface area contributed by atoms with Gasteiger partial charge in [0.2, 0.25) is 5.95 Å². The highest BCUT2D eigenvalue weighted by Gasteiger charge is 2.25. The van der Waals surface area contributed by atoms with E-state index in [0.717, 1.165) is 16.5 Å². The summed E-state index contributed by atoms with van der Waals surface area (Å²) in [6.45, 7) is 1.32. The van der Waals surface area contributed by atoms with Crippen molar-refractivity contribution in [2.24, 2.45) is 0 Å². The van der Waals surface area contributed by atoms with Crippen molar-refractivity contribution in [3.8, 4) is 23.0 Å². The van der Waals surface area contributed by atoms with Crippen molar-refractivity contribution in [2.45, 2.75) is 13.1 Å². The van der Waals surface area contributed by atoms with Gasteiger partial charge in [0.1, 0.15) is 5.82 Å². The molecule has 1 aromatic heterocycles. The van der Waals surface area contributed by atoms with Crippen LogP contribution in [0.2, 0.25) is 0 Å². The Balaban J connectivity index is 0.00000240. The van der Waals surface area contributed by atoms with Gasteiger partial charge in [-0.1, -0.05) is 0 Å². The van der Waals surface area contributed by atoms with E-state index in [-0.39, 0.29) is 12.4 Å². The van der Waals surface area contributed by atoms with Gasteiger partial charge < -0.3 is 29.6 Å². The zero-order chi connectivity index (χ0) is 19.8. The number of nitrogens with two attached hydrogens (primary N) is 1. The minimum Gasteiger partial charge on any atom is -0.493 e. The van der Waals surface area contributed by atoms with Gasteiger partial charge >= 0.3 is 0 Å². The number of hydrogen-bond donors (Lipinski definition) is 1. The van der Waals surface area contributed by atoms with E-state index in [1.54, 1.807) is 34.5 Å². The summed E-state index contributed by atoms with van der Waals surface area (Å²) in [5.41, 5.74) is 9.21.